The van der Waals surface area contributed by atoms with Crippen molar-refractivity contribution in [2.45, 2.75) is 19.9 Å². The van der Waals surface area contributed by atoms with Crippen LogP contribution in [0.2, 0.25) is 0 Å². The van der Waals surface area contributed by atoms with Gasteiger partial charge in [-0.05, 0) is 37.6 Å². The molecule has 0 saturated heterocycles. The van der Waals surface area contributed by atoms with Crippen LogP contribution >= 0.6 is 0 Å². The highest BCUT2D eigenvalue weighted by molar-refractivity contribution is 5.95. The second-order valence-electron chi connectivity index (χ2n) is 3.93. The molecule has 0 atom stereocenters. The lowest BCUT2D eigenvalue weighted by atomic mass is 10.1. The predicted octanol–water partition coefficient (Wildman–Crippen LogP) is 1.92. The number of carbonyl (C=O) groups excluding carboxylic acids is 1. The third-order valence-corrected chi connectivity index (χ3v) is 1.99. The Morgan fingerprint density at radius 3 is 2.65 bits per heavy atom. The topological polar surface area (TPSA) is 66.4 Å². The van der Waals surface area contributed by atoms with Crippen LogP contribution in [0.4, 0.5) is 0 Å². The number of aliphatic carboxylic acids is 1. The molecular formula is C13H15NO3. The van der Waals surface area contributed by atoms with Gasteiger partial charge in [-0.25, -0.2) is 4.79 Å². The number of carboxylic acids is 1. The van der Waals surface area contributed by atoms with E-state index in [0.29, 0.717) is 11.1 Å². The molecule has 1 rings (SSSR count). The van der Waals surface area contributed by atoms with Gasteiger partial charge in [0.25, 0.3) is 5.91 Å². The van der Waals surface area contributed by atoms with Gasteiger partial charge in [-0.2, -0.15) is 0 Å². The van der Waals surface area contributed by atoms with Crippen LogP contribution in [0.5, 0.6) is 0 Å². The molecule has 1 amide bonds. The smallest absolute Gasteiger partial charge is 0.328 e. The minimum absolute atomic E-state index is 0.0701. The molecule has 0 aliphatic carbocycles. The van der Waals surface area contributed by atoms with E-state index in [9.17, 15) is 9.59 Å². The Labute approximate surface area is 100.0 Å². The lowest BCUT2D eigenvalue weighted by Crippen LogP contribution is -2.30. The number of hydrogen-bond donors (Lipinski definition) is 2. The SMILES string of the molecule is CC(C)NC(=O)c1cccc(C=CC(=O)O)c1. The van der Waals surface area contributed by atoms with Crippen LogP contribution in [-0.2, 0) is 4.79 Å². The molecule has 0 unspecified atom stereocenters. The summed E-state index contributed by atoms with van der Waals surface area (Å²) in [5.74, 6) is -1.17. The Hall–Kier alpha value is -2.10. The normalized spacial score (nSPS) is 10.8. The number of rotatable bonds is 4. The molecule has 1 aromatic rings. The predicted molar refractivity (Wildman–Crippen MR) is 65.7 cm³/mol. The van der Waals surface area contributed by atoms with Crippen LogP contribution in [0.1, 0.15) is 29.8 Å². The highest BCUT2D eigenvalue weighted by Crippen LogP contribution is 2.07. The van der Waals surface area contributed by atoms with E-state index in [2.05, 4.69) is 5.32 Å². The minimum atomic E-state index is -1.01. The lowest BCUT2D eigenvalue weighted by molar-refractivity contribution is -0.131. The Morgan fingerprint density at radius 2 is 2.06 bits per heavy atom. The van der Waals surface area contributed by atoms with Crippen LogP contribution < -0.4 is 5.32 Å². The second kappa shape index (κ2) is 5.84. The van der Waals surface area contributed by atoms with E-state index in [1.807, 2.05) is 13.8 Å². The van der Waals surface area contributed by atoms with E-state index in [0.717, 1.165) is 6.08 Å². The molecule has 2 N–H and O–H groups in total. The van der Waals surface area contributed by atoms with Crippen LogP contribution in [0.3, 0.4) is 0 Å². The summed E-state index contributed by atoms with van der Waals surface area (Å²) in [6.45, 7) is 3.76. The Kier molecular flexibility index (Phi) is 4.46. The second-order valence-corrected chi connectivity index (χ2v) is 3.93. The minimum Gasteiger partial charge on any atom is -0.478 e. The number of amides is 1. The summed E-state index contributed by atoms with van der Waals surface area (Å²) in [6.07, 6.45) is 2.49. The van der Waals surface area contributed by atoms with Crippen molar-refractivity contribution in [3.63, 3.8) is 0 Å². The number of carboxylic acid groups (broad SMARTS) is 1. The Morgan fingerprint density at radius 1 is 1.35 bits per heavy atom. The fourth-order valence-corrected chi connectivity index (χ4v) is 1.30. The Bertz CT molecular complexity index is 450. The average Bonchev–Trinajstić information content (AvgIpc) is 2.26. The molecule has 4 nitrogen and oxygen atoms in total. The van der Waals surface area contributed by atoms with Gasteiger partial charge < -0.3 is 10.4 Å². The van der Waals surface area contributed by atoms with Gasteiger partial charge in [0.1, 0.15) is 0 Å². The molecule has 0 bridgehead atoms. The molecule has 0 heterocycles. The monoisotopic (exact) mass is 233 g/mol. The van der Waals surface area contributed by atoms with Gasteiger partial charge >= 0.3 is 5.97 Å². The molecule has 0 saturated carbocycles. The first-order valence-electron chi connectivity index (χ1n) is 5.31. The summed E-state index contributed by atoms with van der Waals surface area (Å²) in [7, 11) is 0. The largest absolute Gasteiger partial charge is 0.478 e. The summed E-state index contributed by atoms with van der Waals surface area (Å²) in [5, 5.41) is 11.3. The van der Waals surface area contributed by atoms with Gasteiger partial charge in [0, 0.05) is 17.7 Å². The lowest BCUT2D eigenvalue weighted by Gasteiger charge is -2.08. The molecule has 0 radical (unpaired) electrons. The zero-order valence-corrected chi connectivity index (χ0v) is 9.81. The Balaban J connectivity index is 2.85. The molecule has 0 fully saturated rings. The summed E-state index contributed by atoms with van der Waals surface area (Å²) in [6, 6.07) is 6.87. The maximum Gasteiger partial charge on any atom is 0.328 e. The van der Waals surface area contributed by atoms with Crippen molar-refractivity contribution >= 4 is 18.0 Å². The van der Waals surface area contributed by atoms with E-state index >= 15 is 0 Å². The quantitative estimate of drug-likeness (QED) is 0.781. The fourth-order valence-electron chi connectivity index (χ4n) is 1.30. The summed E-state index contributed by atoms with van der Waals surface area (Å²) < 4.78 is 0. The van der Waals surface area contributed by atoms with Gasteiger partial charge in [-0.15, -0.1) is 0 Å². The molecule has 0 aliphatic rings. The van der Waals surface area contributed by atoms with Gasteiger partial charge in [-0.3, -0.25) is 4.79 Å². The van der Waals surface area contributed by atoms with Crippen LogP contribution in [0.15, 0.2) is 30.3 Å². The zero-order chi connectivity index (χ0) is 12.8. The van der Waals surface area contributed by atoms with Crippen molar-refractivity contribution < 1.29 is 14.7 Å². The van der Waals surface area contributed by atoms with Crippen molar-refractivity contribution in [2.24, 2.45) is 0 Å². The van der Waals surface area contributed by atoms with Gasteiger partial charge in [0.05, 0.1) is 0 Å². The number of hydrogen-bond acceptors (Lipinski definition) is 2. The molecule has 1 aromatic carbocycles. The molecule has 17 heavy (non-hydrogen) atoms. The standard InChI is InChI=1S/C13H15NO3/c1-9(2)14-13(17)11-5-3-4-10(8-11)6-7-12(15)16/h3-9H,1-2H3,(H,14,17)(H,15,16). The van der Waals surface area contributed by atoms with E-state index in [1.165, 1.54) is 6.08 Å². The molecule has 90 valence electrons. The van der Waals surface area contributed by atoms with Crippen LogP contribution in [-0.4, -0.2) is 23.0 Å². The van der Waals surface area contributed by atoms with Crippen molar-refractivity contribution in [2.75, 3.05) is 0 Å². The van der Waals surface area contributed by atoms with Crippen LogP contribution in [0.25, 0.3) is 6.08 Å². The average molecular weight is 233 g/mol. The summed E-state index contributed by atoms with van der Waals surface area (Å²) in [5.41, 5.74) is 1.20. The third kappa shape index (κ3) is 4.51. The first kappa shape index (κ1) is 13.0. The molecule has 0 aromatic heterocycles. The first-order valence-corrected chi connectivity index (χ1v) is 5.31. The van der Waals surface area contributed by atoms with Crippen molar-refractivity contribution in [1.82, 2.24) is 5.32 Å². The van der Waals surface area contributed by atoms with Gasteiger partial charge in [0.2, 0.25) is 0 Å². The highest BCUT2D eigenvalue weighted by atomic mass is 16.4. The molecular weight excluding hydrogens is 218 g/mol. The van der Waals surface area contributed by atoms with Crippen molar-refractivity contribution in [3.05, 3.63) is 41.5 Å². The molecule has 4 heteroatoms. The summed E-state index contributed by atoms with van der Waals surface area (Å²) >= 11 is 0. The van der Waals surface area contributed by atoms with Gasteiger partial charge in [0.15, 0.2) is 0 Å². The summed E-state index contributed by atoms with van der Waals surface area (Å²) in [4.78, 5) is 22.1. The third-order valence-electron chi connectivity index (χ3n) is 1.99. The van der Waals surface area contributed by atoms with E-state index < -0.39 is 5.97 Å². The molecule has 0 aliphatic heterocycles. The van der Waals surface area contributed by atoms with E-state index in [-0.39, 0.29) is 11.9 Å². The first-order chi connectivity index (χ1) is 7.99. The zero-order valence-electron chi connectivity index (χ0n) is 9.81. The number of carbonyl (C=O) groups is 2. The van der Waals surface area contributed by atoms with Crippen molar-refractivity contribution in [1.29, 1.82) is 0 Å². The maximum absolute atomic E-state index is 11.7. The van der Waals surface area contributed by atoms with Crippen molar-refractivity contribution in [3.8, 4) is 0 Å². The number of nitrogens with one attached hydrogen (secondary N) is 1. The number of benzene rings is 1. The van der Waals surface area contributed by atoms with E-state index in [4.69, 9.17) is 5.11 Å². The fraction of sp³-hybridized carbons (Fsp3) is 0.231. The van der Waals surface area contributed by atoms with Gasteiger partial charge in [-0.1, -0.05) is 12.1 Å². The molecule has 0 spiro atoms. The highest BCUT2D eigenvalue weighted by Gasteiger charge is 2.06. The van der Waals surface area contributed by atoms with E-state index in [1.54, 1.807) is 24.3 Å². The van der Waals surface area contributed by atoms with Crippen LogP contribution in [0, 0.1) is 0 Å². The maximum atomic E-state index is 11.7.